The molecule has 174 valence electrons. The van der Waals surface area contributed by atoms with Crippen LogP contribution in [-0.2, 0) is 31.4 Å². The van der Waals surface area contributed by atoms with Crippen molar-refractivity contribution in [1.82, 2.24) is 25.4 Å². The fourth-order valence-electron chi connectivity index (χ4n) is 3.58. The van der Waals surface area contributed by atoms with E-state index in [1.807, 2.05) is 36.7 Å². The summed E-state index contributed by atoms with van der Waals surface area (Å²) in [5.41, 5.74) is 3.39. The molecule has 0 saturated carbocycles. The highest BCUT2D eigenvalue weighted by molar-refractivity contribution is 5.79. The van der Waals surface area contributed by atoms with Crippen molar-refractivity contribution in [3.63, 3.8) is 0 Å². The van der Waals surface area contributed by atoms with Gasteiger partial charge in [0, 0.05) is 25.6 Å². The van der Waals surface area contributed by atoms with Gasteiger partial charge in [0.15, 0.2) is 11.8 Å². The van der Waals surface area contributed by atoms with Crippen LogP contribution in [0.25, 0.3) is 0 Å². The molecule has 8 heteroatoms. The first kappa shape index (κ1) is 22.8. The zero-order valence-corrected chi connectivity index (χ0v) is 19.5. The number of aliphatic imine (C=N–C) groups is 1. The summed E-state index contributed by atoms with van der Waals surface area (Å²) in [6.45, 7) is 7.09. The molecule has 1 aliphatic rings. The molecule has 8 nitrogen and oxygen atoms in total. The Bertz CT molecular complexity index is 1070. The molecule has 1 aliphatic heterocycles. The van der Waals surface area contributed by atoms with Crippen LogP contribution in [0.3, 0.4) is 0 Å². The third kappa shape index (κ3) is 6.32. The number of guanidine groups is 1. The Hall–Kier alpha value is -3.39. The molecule has 1 aromatic heterocycles. The zero-order valence-electron chi connectivity index (χ0n) is 19.5. The van der Waals surface area contributed by atoms with E-state index >= 15 is 0 Å². The normalized spacial score (nSPS) is 16.1. The van der Waals surface area contributed by atoms with E-state index in [1.54, 1.807) is 0 Å². The highest BCUT2D eigenvalue weighted by Crippen LogP contribution is 2.23. The molecule has 1 saturated heterocycles. The Balaban J connectivity index is 1.46. The average Bonchev–Trinajstić information content (AvgIpc) is 3.45. The van der Waals surface area contributed by atoms with Crippen molar-refractivity contribution in [3.8, 4) is 5.75 Å². The van der Waals surface area contributed by atoms with Crippen LogP contribution >= 0.6 is 0 Å². The van der Waals surface area contributed by atoms with Crippen LogP contribution in [-0.4, -0.2) is 40.0 Å². The molecule has 0 radical (unpaired) electrons. The molecular weight excluding hydrogens is 416 g/mol. The summed E-state index contributed by atoms with van der Waals surface area (Å²) in [4.78, 5) is 4.79. The Morgan fingerprint density at radius 3 is 2.67 bits per heavy atom. The molecule has 0 amide bonds. The van der Waals surface area contributed by atoms with Crippen molar-refractivity contribution in [2.75, 3.05) is 13.2 Å². The molecule has 2 N–H and O–H groups in total. The van der Waals surface area contributed by atoms with Crippen LogP contribution in [0.1, 0.15) is 34.8 Å². The van der Waals surface area contributed by atoms with Gasteiger partial charge >= 0.3 is 0 Å². The molecule has 4 rings (SSSR count). The van der Waals surface area contributed by atoms with Gasteiger partial charge in [0.25, 0.3) is 0 Å². The molecule has 0 spiro atoms. The monoisotopic (exact) mass is 448 g/mol. The lowest BCUT2D eigenvalue weighted by molar-refractivity contribution is 0.140. The van der Waals surface area contributed by atoms with Gasteiger partial charge in [-0.1, -0.05) is 42.5 Å². The Labute approximate surface area is 195 Å². The number of aryl methyl sites for hydroxylation is 2. The van der Waals surface area contributed by atoms with E-state index in [0.29, 0.717) is 32.2 Å². The van der Waals surface area contributed by atoms with Gasteiger partial charge in [-0.3, -0.25) is 0 Å². The van der Waals surface area contributed by atoms with E-state index < -0.39 is 0 Å². The van der Waals surface area contributed by atoms with E-state index in [9.17, 15) is 0 Å². The number of aromatic nitrogens is 3. The van der Waals surface area contributed by atoms with Crippen molar-refractivity contribution in [2.45, 2.75) is 46.0 Å². The zero-order chi connectivity index (χ0) is 23.0. The minimum Gasteiger partial charge on any atom is -0.488 e. The minimum atomic E-state index is 0.106. The lowest BCUT2D eigenvalue weighted by atomic mass is 10.1. The quantitative estimate of drug-likeness (QED) is 0.407. The maximum Gasteiger partial charge on any atom is 0.192 e. The summed E-state index contributed by atoms with van der Waals surface area (Å²) in [5, 5.41) is 15.2. The summed E-state index contributed by atoms with van der Waals surface area (Å²) in [6, 6.07) is 16.5. The Morgan fingerprint density at radius 1 is 1.12 bits per heavy atom. The number of benzene rings is 2. The van der Waals surface area contributed by atoms with E-state index in [1.165, 1.54) is 5.56 Å². The van der Waals surface area contributed by atoms with Crippen molar-refractivity contribution in [3.05, 3.63) is 76.9 Å². The van der Waals surface area contributed by atoms with Gasteiger partial charge in [0.2, 0.25) is 0 Å². The third-order valence-electron chi connectivity index (χ3n) is 5.71. The predicted octanol–water partition coefficient (Wildman–Crippen LogP) is 3.04. The second-order valence-electron chi connectivity index (χ2n) is 8.29. The van der Waals surface area contributed by atoms with E-state index in [4.69, 9.17) is 14.5 Å². The van der Waals surface area contributed by atoms with Gasteiger partial charge in [-0.05, 0) is 31.0 Å². The molecule has 2 aromatic carbocycles. The first-order valence-electron chi connectivity index (χ1n) is 11.3. The fraction of sp³-hybridized carbons (Fsp3) is 0.400. The fourth-order valence-corrected chi connectivity index (χ4v) is 3.58. The first-order valence-corrected chi connectivity index (χ1v) is 11.3. The molecular formula is C25H32N6O2. The summed E-state index contributed by atoms with van der Waals surface area (Å²) in [6.07, 6.45) is 1.03. The van der Waals surface area contributed by atoms with Crippen LogP contribution in [0.15, 0.2) is 53.5 Å². The van der Waals surface area contributed by atoms with Crippen LogP contribution in [0.2, 0.25) is 0 Å². The van der Waals surface area contributed by atoms with Crippen molar-refractivity contribution in [2.24, 2.45) is 12.0 Å². The first-order chi connectivity index (χ1) is 16.1. The molecule has 1 unspecified atom stereocenters. The SMILES string of the molecule is Cc1ccc(CNC(=NCc2ccccc2)NCc2nnc(C)n2C)c(OC2CCOC2)c1. The number of ether oxygens (including phenoxy) is 2. The summed E-state index contributed by atoms with van der Waals surface area (Å²) >= 11 is 0. The lowest BCUT2D eigenvalue weighted by Gasteiger charge is -2.18. The summed E-state index contributed by atoms with van der Waals surface area (Å²) in [7, 11) is 1.96. The molecule has 2 heterocycles. The van der Waals surface area contributed by atoms with Gasteiger partial charge in [0.05, 0.1) is 26.3 Å². The maximum atomic E-state index is 6.25. The van der Waals surface area contributed by atoms with E-state index in [0.717, 1.165) is 41.6 Å². The average molecular weight is 449 g/mol. The van der Waals surface area contributed by atoms with Crippen molar-refractivity contribution >= 4 is 5.96 Å². The van der Waals surface area contributed by atoms with Gasteiger partial charge in [-0.15, -0.1) is 10.2 Å². The van der Waals surface area contributed by atoms with E-state index in [2.05, 4.69) is 58.1 Å². The molecule has 1 atom stereocenters. The van der Waals surface area contributed by atoms with Crippen LogP contribution in [0.5, 0.6) is 5.75 Å². The number of rotatable bonds is 8. The number of hydrogen-bond donors (Lipinski definition) is 2. The number of nitrogens with one attached hydrogen (secondary N) is 2. The Morgan fingerprint density at radius 2 is 1.94 bits per heavy atom. The van der Waals surface area contributed by atoms with Gasteiger partial charge < -0.3 is 24.7 Å². The second-order valence-corrected chi connectivity index (χ2v) is 8.29. The van der Waals surface area contributed by atoms with Gasteiger partial charge in [0.1, 0.15) is 17.7 Å². The van der Waals surface area contributed by atoms with Gasteiger partial charge in [-0.2, -0.15) is 0 Å². The van der Waals surface area contributed by atoms with Crippen molar-refractivity contribution in [1.29, 1.82) is 0 Å². The summed E-state index contributed by atoms with van der Waals surface area (Å²) < 4.78 is 13.7. The van der Waals surface area contributed by atoms with Crippen LogP contribution in [0.4, 0.5) is 0 Å². The van der Waals surface area contributed by atoms with Crippen molar-refractivity contribution < 1.29 is 9.47 Å². The second kappa shape index (κ2) is 11.0. The molecule has 0 aliphatic carbocycles. The Kier molecular flexibility index (Phi) is 7.57. The highest BCUT2D eigenvalue weighted by Gasteiger charge is 2.19. The minimum absolute atomic E-state index is 0.106. The smallest absolute Gasteiger partial charge is 0.192 e. The number of nitrogens with zero attached hydrogens (tertiary/aromatic N) is 4. The van der Waals surface area contributed by atoms with Crippen LogP contribution in [0, 0.1) is 13.8 Å². The highest BCUT2D eigenvalue weighted by atomic mass is 16.5. The third-order valence-corrected chi connectivity index (χ3v) is 5.71. The lowest BCUT2D eigenvalue weighted by Crippen LogP contribution is -2.37. The molecule has 33 heavy (non-hydrogen) atoms. The van der Waals surface area contributed by atoms with Gasteiger partial charge in [-0.25, -0.2) is 4.99 Å². The summed E-state index contributed by atoms with van der Waals surface area (Å²) in [5.74, 6) is 3.32. The molecule has 0 bridgehead atoms. The van der Waals surface area contributed by atoms with E-state index in [-0.39, 0.29) is 6.10 Å². The standard InChI is InChI=1S/C25H32N6O2/c1-18-9-10-21(23(13-18)33-22-11-12-32-17-22)15-27-25(26-14-20-7-5-4-6-8-20)28-16-24-30-29-19(2)31(24)3/h4-10,13,22H,11-12,14-17H2,1-3H3,(H2,26,27,28). The molecule has 1 fully saturated rings. The number of hydrogen-bond acceptors (Lipinski definition) is 5. The maximum absolute atomic E-state index is 6.25. The predicted molar refractivity (Wildman–Crippen MR) is 128 cm³/mol. The largest absolute Gasteiger partial charge is 0.488 e. The molecule has 3 aromatic rings. The topological polar surface area (TPSA) is 85.6 Å². The van der Waals surface area contributed by atoms with Crippen LogP contribution < -0.4 is 15.4 Å².